The maximum absolute atomic E-state index is 12.3. The van der Waals surface area contributed by atoms with E-state index in [4.69, 9.17) is 0 Å². The summed E-state index contributed by atoms with van der Waals surface area (Å²) < 4.78 is 0. The molecule has 2 rings (SSSR count). The van der Waals surface area contributed by atoms with Crippen LogP contribution in [-0.2, 0) is 9.59 Å². The van der Waals surface area contributed by atoms with Gasteiger partial charge in [-0.3, -0.25) is 9.59 Å². The Morgan fingerprint density at radius 2 is 1.80 bits per heavy atom. The Morgan fingerprint density at radius 3 is 2.25 bits per heavy atom. The number of likely N-dealkylation sites (tertiary alicyclic amines) is 1. The molecule has 1 aliphatic carbocycles. The zero-order valence-corrected chi connectivity index (χ0v) is 12.2. The van der Waals surface area contributed by atoms with E-state index in [0.717, 1.165) is 25.7 Å². The summed E-state index contributed by atoms with van der Waals surface area (Å²) in [6, 6.07) is 0. The molecule has 1 saturated heterocycles. The number of piperidine rings is 1. The van der Waals surface area contributed by atoms with Crippen LogP contribution in [0.1, 0.15) is 51.9 Å². The van der Waals surface area contributed by atoms with Crippen LogP contribution < -0.4 is 0 Å². The number of hydrogen-bond acceptors (Lipinski definition) is 3. The number of amides is 1. The van der Waals surface area contributed by atoms with Gasteiger partial charge >= 0.3 is 5.97 Å². The first kappa shape index (κ1) is 15.3. The van der Waals surface area contributed by atoms with Crippen molar-refractivity contribution in [1.82, 2.24) is 4.90 Å². The summed E-state index contributed by atoms with van der Waals surface area (Å²) in [6.07, 6.45) is 4.49. The zero-order valence-electron chi connectivity index (χ0n) is 12.2. The first-order chi connectivity index (χ1) is 9.44. The van der Waals surface area contributed by atoms with Crippen molar-refractivity contribution in [3.8, 4) is 0 Å². The Labute approximate surface area is 120 Å². The summed E-state index contributed by atoms with van der Waals surface area (Å²) in [5.41, 5.74) is -0.821. The first-order valence-electron chi connectivity index (χ1n) is 7.64. The lowest BCUT2D eigenvalue weighted by atomic mass is 9.82. The SMILES string of the molecule is CC(O)C1CCN(C(=O)CC2(C(=O)O)CCCC2)CC1. The Morgan fingerprint density at radius 1 is 1.25 bits per heavy atom. The van der Waals surface area contributed by atoms with Gasteiger partial charge in [-0.15, -0.1) is 0 Å². The van der Waals surface area contributed by atoms with E-state index >= 15 is 0 Å². The van der Waals surface area contributed by atoms with Gasteiger partial charge in [0.2, 0.25) is 5.91 Å². The Kier molecular flexibility index (Phi) is 4.68. The summed E-state index contributed by atoms with van der Waals surface area (Å²) in [7, 11) is 0. The van der Waals surface area contributed by atoms with Crippen molar-refractivity contribution >= 4 is 11.9 Å². The third kappa shape index (κ3) is 3.14. The molecule has 20 heavy (non-hydrogen) atoms. The van der Waals surface area contributed by atoms with Gasteiger partial charge in [0.05, 0.1) is 11.5 Å². The van der Waals surface area contributed by atoms with Crippen molar-refractivity contribution in [2.45, 2.75) is 58.0 Å². The molecule has 1 unspecified atom stereocenters. The minimum Gasteiger partial charge on any atom is -0.481 e. The fourth-order valence-electron chi connectivity index (χ4n) is 3.55. The van der Waals surface area contributed by atoms with Crippen LogP contribution in [0.2, 0.25) is 0 Å². The molecule has 2 aliphatic rings. The number of aliphatic carboxylic acids is 1. The van der Waals surface area contributed by atoms with Crippen LogP contribution in [0, 0.1) is 11.3 Å². The molecule has 1 saturated carbocycles. The van der Waals surface area contributed by atoms with Crippen molar-refractivity contribution in [2.75, 3.05) is 13.1 Å². The maximum Gasteiger partial charge on any atom is 0.310 e. The van der Waals surface area contributed by atoms with Crippen LogP contribution in [0.25, 0.3) is 0 Å². The smallest absolute Gasteiger partial charge is 0.310 e. The summed E-state index contributed by atoms with van der Waals surface area (Å²) in [4.78, 5) is 25.6. The molecular weight excluding hydrogens is 258 g/mol. The molecule has 114 valence electrons. The predicted octanol–water partition coefficient (Wildman–Crippen LogP) is 1.64. The molecule has 1 amide bonds. The summed E-state index contributed by atoms with van der Waals surface area (Å²) >= 11 is 0. The summed E-state index contributed by atoms with van der Waals surface area (Å²) in [5.74, 6) is -0.584. The van der Waals surface area contributed by atoms with Gasteiger partial charge in [0, 0.05) is 19.5 Å². The largest absolute Gasteiger partial charge is 0.481 e. The second-order valence-corrected chi connectivity index (χ2v) is 6.43. The lowest BCUT2D eigenvalue weighted by Crippen LogP contribution is -2.43. The summed E-state index contributed by atoms with van der Waals surface area (Å²) in [6.45, 7) is 3.08. The van der Waals surface area contributed by atoms with E-state index < -0.39 is 11.4 Å². The molecule has 1 heterocycles. The third-order valence-electron chi connectivity index (χ3n) is 5.08. The van der Waals surface area contributed by atoms with E-state index in [-0.39, 0.29) is 24.3 Å². The highest BCUT2D eigenvalue weighted by atomic mass is 16.4. The van der Waals surface area contributed by atoms with Gasteiger partial charge < -0.3 is 15.1 Å². The molecule has 0 radical (unpaired) electrons. The first-order valence-corrected chi connectivity index (χ1v) is 7.64. The minimum atomic E-state index is -0.821. The topological polar surface area (TPSA) is 77.8 Å². The number of hydrogen-bond donors (Lipinski definition) is 2. The quantitative estimate of drug-likeness (QED) is 0.822. The maximum atomic E-state index is 12.3. The fourth-order valence-corrected chi connectivity index (χ4v) is 3.55. The molecule has 0 bridgehead atoms. The number of carbonyl (C=O) groups is 2. The van der Waals surface area contributed by atoms with Crippen molar-refractivity contribution < 1.29 is 19.8 Å². The van der Waals surface area contributed by atoms with E-state index in [1.165, 1.54) is 0 Å². The Bertz CT molecular complexity index is 366. The van der Waals surface area contributed by atoms with Crippen LogP contribution in [0.15, 0.2) is 0 Å². The van der Waals surface area contributed by atoms with Gasteiger partial charge in [-0.05, 0) is 38.5 Å². The lowest BCUT2D eigenvalue weighted by Gasteiger charge is -2.35. The number of nitrogens with zero attached hydrogens (tertiary/aromatic N) is 1. The Hall–Kier alpha value is -1.10. The highest BCUT2D eigenvalue weighted by Gasteiger charge is 2.44. The molecule has 0 aromatic carbocycles. The van der Waals surface area contributed by atoms with Crippen molar-refractivity contribution in [3.05, 3.63) is 0 Å². The average molecular weight is 283 g/mol. The standard InChI is InChI=1S/C15H25NO4/c1-11(17)12-4-8-16(9-5-12)13(18)10-15(14(19)20)6-2-3-7-15/h11-12,17H,2-10H2,1H3,(H,19,20). The number of aliphatic hydroxyl groups excluding tert-OH is 1. The van der Waals surface area contributed by atoms with Crippen LogP contribution in [0.4, 0.5) is 0 Å². The van der Waals surface area contributed by atoms with E-state index in [1.807, 2.05) is 0 Å². The van der Waals surface area contributed by atoms with Gasteiger partial charge in [0.1, 0.15) is 0 Å². The van der Waals surface area contributed by atoms with Crippen molar-refractivity contribution in [3.63, 3.8) is 0 Å². The van der Waals surface area contributed by atoms with E-state index in [0.29, 0.717) is 25.9 Å². The number of carbonyl (C=O) groups excluding carboxylic acids is 1. The van der Waals surface area contributed by atoms with E-state index in [1.54, 1.807) is 11.8 Å². The highest BCUT2D eigenvalue weighted by molar-refractivity contribution is 5.85. The van der Waals surface area contributed by atoms with Crippen LogP contribution in [0.3, 0.4) is 0 Å². The van der Waals surface area contributed by atoms with Crippen LogP contribution >= 0.6 is 0 Å². The molecule has 2 N–H and O–H groups in total. The van der Waals surface area contributed by atoms with Crippen LogP contribution in [-0.4, -0.2) is 46.2 Å². The normalized spacial score (nSPS) is 24.6. The molecule has 2 fully saturated rings. The summed E-state index contributed by atoms with van der Waals surface area (Å²) in [5, 5.41) is 19.0. The van der Waals surface area contributed by atoms with Crippen LogP contribution in [0.5, 0.6) is 0 Å². The molecule has 1 aliphatic heterocycles. The van der Waals surface area contributed by atoms with Gasteiger partial charge in [-0.1, -0.05) is 12.8 Å². The molecule has 0 aromatic rings. The lowest BCUT2D eigenvalue weighted by molar-refractivity contribution is -0.153. The second kappa shape index (κ2) is 6.12. The molecule has 5 heteroatoms. The van der Waals surface area contributed by atoms with Crippen molar-refractivity contribution in [1.29, 1.82) is 0 Å². The molecule has 5 nitrogen and oxygen atoms in total. The second-order valence-electron chi connectivity index (χ2n) is 6.43. The number of carboxylic acid groups (broad SMARTS) is 1. The number of aliphatic hydroxyl groups is 1. The molecule has 0 aromatic heterocycles. The van der Waals surface area contributed by atoms with Gasteiger partial charge in [0.25, 0.3) is 0 Å². The predicted molar refractivity (Wildman–Crippen MR) is 74.1 cm³/mol. The molecular formula is C15H25NO4. The van der Waals surface area contributed by atoms with E-state index in [2.05, 4.69) is 0 Å². The minimum absolute atomic E-state index is 0.0293. The van der Waals surface area contributed by atoms with Gasteiger partial charge in [-0.25, -0.2) is 0 Å². The van der Waals surface area contributed by atoms with Gasteiger partial charge in [0.15, 0.2) is 0 Å². The number of carboxylic acids is 1. The van der Waals surface area contributed by atoms with Gasteiger partial charge in [-0.2, -0.15) is 0 Å². The fraction of sp³-hybridized carbons (Fsp3) is 0.867. The third-order valence-corrected chi connectivity index (χ3v) is 5.08. The molecule has 1 atom stereocenters. The monoisotopic (exact) mass is 283 g/mol. The Balaban J connectivity index is 1.91. The number of rotatable bonds is 4. The van der Waals surface area contributed by atoms with E-state index in [9.17, 15) is 19.8 Å². The molecule has 0 spiro atoms. The zero-order chi connectivity index (χ0) is 14.8. The van der Waals surface area contributed by atoms with Crippen molar-refractivity contribution in [2.24, 2.45) is 11.3 Å². The average Bonchev–Trinajstić information content (AvgIpc) is 2.88. The highest BCUT2D eigenvalue weighted by Crippen LogP contribution is 2.42.